The number of H-pyrrole nitrogens is 1. The maximum atomic E-state index is 12.8. The van der Waals surface area contributed by atoms with Crippen LogP contribution in [0.2, 0.25) is 5.02 Å². The van der Waals surface area contributed by atoms with Gasteiger partial charge in [-0.25, -0.2) is 4.98 Å². The fourth-order valence-corrected chi connectivity index (χ4v) is 4.51. The summed E-state index contributed by atoms with van der Waals surface area (Å²) in [5.74, 6) is 0.525. The summed E-state index contributed by atoms with van der Waals surface area (Å²) >= 11 is 6.30. The highest BCUT2D eigenvalue weighted by molar-refractivity contribution is 6.32. The maximum Gasteiger partial charge on any atom is 0.253 e. The molecule has 0 fully saturated rings. The Morgan fingerprint density at radius 2 is 1.91 bits per heavy atom. The van der Waals surface area contributed by atoms with Gasteiger partial charge < -0.3 is 19.6 Å². The highest BCUT2D eigenvalue weighted by atomic mass is 35.5. The molecule has 3 aromatic carbocycles. The summed E-state index contributed by atoms with van der Waals surface area (Å²) in [6.07, 6.45) is 3.72. The van der Waals surface area contributed by atoms with E-state index in [1.807, 2.05) is 55.8 Å². The molecule has 0 spiro atoms. The van der Waals surface area contributed by atoms with E-state index < -0.39 is 0 Å². The van der Waals surface area contributed by atoms with Gasteiger partial charge in [-0.3, -0.25) is 4.79 Å². The minimum absolute atomic E-state index is 0.154. The molecule has 0 radical (unpaired) electrons. The number of hydrogen-bond donors (Lipinski definition) is 2. The average Bonchev–Trinajstić information content (AvgIpc) is 3.32. The van der Waals surface area contributed by atoms with Crippen LogP contribution < -0.4 is 15.6 Å². The van der Waals surface area contributed by atoms with E-state index in [1.165, 1.54) is 5.56 Å². The van der Waals surface area contributed by atoms with Crippen molar-refractivity contribution >= 4 is 28.2 Å². The van der Waals surface area contributed by atoms with Gasteiger partial charge in [0.15, 0.2) is 0 Å². The van der Waals surface area contributed by atoms with Gasteiger partial charge in [-0.05, 0) is 36.8 Å². The molecule has 7 heteroatoms. The van der Waals surface area contributed by atoms with E-state index >= 15 is 0 Å². The number of hydrogen-bond acceptors (Lipinski definition) is 4. The van der Waals surface area contributed by atoms with Crippen molar-refractivity contribution in [3.8, 4) is 17.0 Å². The molecule has 0 saturated carbocycles. The fourth-order valence-electron chi connectivity index (χ4n) is 4.27. The number of nitrogens with zero attached hydrogens (tertiary/aromatic N) is 2. The number of halogens is 1. The smallest absolute Gasteiger partial charge is 0.253 e. The van der Waals surface area contributed by atoms with Crippen LogP contribution in [0.25, 0.3) is 22.2 Å². The van der Waals surface area contributed by atoms with Gasteiger partial charge in [-0.15, -0.1) is 0 Å². The van der Waals surface area contributed by atoms with Gasteiger partial charge in [0.2, 0.25) is 0 Å². The second-order valence-electron chi connectivity index (χ2n) is 8.47. The molecular formula is C28H25ClN4O2. The Hall–Kier alpha value is -4.03. The van der Waals surface area contributed by atoms with Crippen molar-refractivity contribution in [1.29, 1.82) is 0 Å². The summed E-state index contributed by atoms with van der Waals surface area (Å²) < 4.78 is 7.39. The van der Waals surface area contributed by atoms with Crippen LogP contribution >= 0.6 is 11.6 Å². The number of aromatic nitrogens is 3. The second kappa shape index (κ2) is 9.68. The number of rotatable bonds is 7. The zero-order valence-corrected chi connectivity index (χ0v) is 20.2. The Labute approximate surface area is 208 Å². The molecule has 1 unspecified atom stereocenters. The lowest BCUT2D eigenvalue weighted by molar-refractivity contribution is 0.415. The first-order valence-corrected chi connectivity index (χ1v) is 11.7. The topological polar surface area (TPSA) is 71.9 Å². The molecule has 2 heterocycles. The van der Waals surface area contributed by atoms with Gasteiger partial charge in [-0.2, -0.15) is 0 Å². The molecule has 1 atom stereocenters. The number of imidazole rings is 1. The minimum Gasteiger partial charge on any atom is -0.495 e. The standard InChI is InChI=1S/C28H25ClN4O2/c1-18(23-12-21-13-24(29)27(35-2)14-25(21)32-28(23)34)31-22-10-6-9-20(11-22)26-15-30-17-33(26)16-19-7-4-3-5-8-19/h3-15,17-18,31H,16H2,1-2H3,(H,32,34). The summed E-state index contributed by atoms with van der Waals surface area (Å²) in [6.45, 7) is 2.71. The van der Waals surface area contributed by atoms with Crippen molar-refractivity contribution in [2.45, 2.75) is 19.5 Å². The van der Waals surface area contributed by atoms with Gasteiger partial charge in [0.25, 0.3) is 5.56 Å². The van der Waals surface area contributed by atoms with Gasteiger partial charge >= 0.3 is 0 Å². The van der Waals surface area contributed by atoms with Crippen molar-refractivity contribution in [3.05, 3.63) is 112 Å². The molecular weight excluding hydrogens is 460 g/mol. The summed E-state index contributed by atoms with van der Waals surface area (Å²) in [6, 6.07) is 23.6. The van der Waals surface area contributed by atoms with Crippen molar-refractivity contribution in [1.82, 2.24) is 14.5 Å². The van der Waals surface area contributed by atoms with E-state index in [1.54, 1.807) is 19.2 Å². The summed E-state index contributed by atoms with van der Waals surface area (Å²) in [7, 11) is 1.55. The fraction of sp³-hybridized carbons (Fsp3) is 0.143. The summed E-state index contributed by atoms with van der Waals surface area (Å²) in [4.78, 5) is 20.2. The molecule has 5 rings (SSSR count). The molecule has 6 nitrogen and oxygen atoms in total. The van der Waals surface area contributed by atoms with Crippen molar-refractivity contribution in [3.63, 3.8) is 0 Å². The minimum atomic E-state index is -0.228. The summed E-state index contributed by atoms with van der Waals surface area (Å²) in [5.41, 5.74) is 5.34. The molecule has 2 N–H and O–H groups in total. The third-order valence-electron chi connectivity index (χ3n) is 6.06. The lowest BCUT2D eigenvalue weighted by atomic mass is 10.1. The third kappa shape index (κ3) is 4.79. The van der Waals surface area contributed by atoms with E-state index in [-0.39, 0.29) is 11.6 Å². The monoisotopic (exact) mass is 484 g/mol. The van der Waals surface area contributed by atoms with Crippen LogP contribution in [0, 0.1) is 0 Å². The maximum absolute atomic E-state index is 12.8. The number of ether oxygens (including phenoxy) is 1. The van der Waals surface area contributed by atoms with Crippen LogP contribution in [0.3, 0.4) is 0 Å². The Kier molecular flexibility index (Phi) is 6.29. The number of aromatic amines is 1. The summed E-state index contributed by atoms with van der Waals surface area (Å²) in [5, 5.41) is 4.81. The molecule has 2 aromatic heterocycles. The van der Waals surface area contributed by atoms with Gasteiger partial charge in [-0.1, -0.05) is 54.1 Å². The van der Waals surface area contributed by atoms with Crippen molar-refractivity contribution < 1.29 is 4.74 Å². The van der Waals surface area contributed by atoms with Crippen LogP contribution in [-0.4, -0.2) is 21.6 Å². The van der Waals surface area contributed by atoms with Crippen molar-refractivity contribution in [2.75, 3.05) is 12.4 Å². The van der Waals surface area contributed by atoms with Gasteiger partial charge in [0, 0.05) is 34.8 Å². The molecule has 0 aliphatic heterocycles. The van der Waals surface area contributed by atoms with Gasteiger partial charge in [0.1, 0.15) is 5.75 Å². The SMILES string of the molecule is COc1cc2[nH]c(=O)c(C(C)Nc3cccc(-c4cncn4Cc4ccccc4)c3)cc2cc1Cl. The second-order valence-corrected chi connectivity index (χ2v) is 8.87. The zero-order chi connectivity index (χ0) is 24.4. The number of anilines is 1. The molecule has 35 heavy (non-hydrogen) atoms. The largest absolute Gasteiger partial charge is 0.495 e. The van der Waals surface area contributed by atoms with Crippen LogP contribution in [-0.2, 0) is 6.54 Å². The first-order valence-electron chi connectivity index (χ1n) is 11.3. The Balaban J connectivity index is 1.41. The predicted octanol–water partition coefficient (Wildman–Crippen LogP) is 6.28. The van der Waals surface area contributed by atoms with Crippen LogP contribution in [0.15, 0.2) is 90.1 Å². The lowest BCUT2D eigenvalue weighted by Crippen LogP contribution is -2.19. The number of pyridine rings is 1. The highest BCUT2D eigenvalue weighted by Crippen LogP contribution is 2.30. The number of fused-ring (bicyclic) bond motifs is 1. The first kappa shape index (κ1) is 22.7. The van der Waals surface area contributed by atoms with Crippen LogP contribution in [0.4, 0.5) is 5.69 Å². The molecule has 176 valence electrons. The molecule has 0 aliphatic rings. The number of methoxy groups -OCH3 is 1. The predicted molar refractivity (Wildman–Crippen MR) is 141 cm³/mol. The number of nitrogens with one attached hydrogen (secondary N) is 2. The van der Waals surface area contributed by atoms with Gasteiger partial charge in [0.05, 0.1) is 41.9 Å². The Morgan fingerprint density at radius 1 is 1.09 bits per heavy atom. The van der Waals surface area contributed by atoms with Crippen molar-refractivity contribution in [2.24, 2.45) is 0 Å². The third-order valence-corrected chi connectivity index (χ3v) is 6.36. The Morgan fingerprint density at radius 3 is 2.71 bits per heavy atom. The molecule has 0 aliphatic carbocycles. The van der Waals surface area contributed by atoms with E-state index in [0.717, 1.165) is 28.9 Å². The van der Waals surface area contributed by atoms with E-state index in [4.69, 9.17) is 16.3 Å². The van der Waals surface area contributed by atoms with Crippen LogP contribution in [0.5, 0.6) is 5.75 Å². The van der Waals surface area contributed by atoms with E-state index in [0.29, 0.717) is 21.9 Å². The van der Waals surface area contributed by atoms with E-state index in [9.17, 15) is 4.79 Å². The van der Waals surface area contributed by atoms with E-state index in [2.05, 4.69) is 44.1 Å². The first-order chi connectivity index (χ1) is 17.0. The van der Waals surface area contributed by atoms with Crippen LogP contribution in [0.1, 0.15) is 24.1 Å². The zero-order valence-electron chi connectivity index (χ0n) is 19.5. The normalized spacial score (nSPS) is 12.0. The quantitative estimate of drug-likeness (QED) is 0.285. The molecule has 0 amide bonds. The molecule has 0 bridgehead atoms. The molecule has 5 aromatic rings. The lowest BCUT2D eigenvalue weighted by Gasteiger charge is -2.17. The highest BCUT2D eigenvalue weighted by Gasteiger charge is 2.14. The average molecular weight is 485 g/mol. The number of benzene rings is 3. The molecule has 0 saturated heterocycles. The Bertz CT molecular complexity index is 1540.